The number of allylic oxidation sites excluding steroid dienone is 2. The number of hydrogen-bond acceptors (Lipinski definition) is 7. The number of ether oxygens (including phenoxy) is 2. The Morgan fingerprint density at radius 1 is 1.06 bits per heavy atom. The van der Waals surface area contributed by atoms with E-state index in [1.54, 1.807) is 6.92 Å². The van der Waals surface area contributed by atoms with Gasteiger partial charge in [0.25, 0.3) is 0 Å². The lowest BCUT2D eigenvalue weighted by molar-refractivity contribution is -0.157. The van der Waals surface area contributed by atoms with Crippen molar-refractivity contribution in [2.75, 3.05) is 14.2 Å². The quantitative estimate of drug-likeness (QED) is 0.307. The van der Waals surface area contributed by atoms with Crippen LogP contribution in [0.4, 0.5) is 13.2 Å². The molecule has 0 unspecified atom stereocenters. The molecule has 2 fully saturated rings. The fourth-order valence-corrected chi connectivity index (χ4v) is 7.23. The summed E-state index contributed by atoms with van der Waals surface area (Å²) >= 11 is 0. The van der Waals surface area contributed by atoms with Crippen LogP contribution in [0, 0.1) is 34.5 Å². The summed E-state index contributed by atoms with van der Waals surface area (Å²) in [5, 5.41) is 0. The van der Waals surface area contributed by atoms with Crippen molar-refractivity contribution >= 4 is 22.1 Å². The highest BCUT2D eigenvalue weighted by Crippen LogP contribution is 2.65. The summed E-state index contributed by atoms with van der Waals surface area (Å²) < 4.78 is 76.5. The lowest BCUT2D eigenvalue weighted by atomic mass is 9.46. The first-order valence-corrected chi connectivity index (χ1v) is 12.5. The van der Waals surface area contributed by atoms with Gasteiger partial charge in [-0.15, -0.1) is 0 Å². The van der Waals surface area contributed by atoms with Crippen molar-refractivity contribution in [3.8, 4) is 0 Å². The summed E-state index contributed by atoms with van der Waals surface area (Å²) in [6, 6.07) is 0. The molecule has 7 nitrogen and oxygen atoms in total. The minimum Gasteiger partial charge on any atom is -0.469 e. The average Bonchev–Trinajstić information content (AvgIpc) is 3.04. The molecule has 0 aromatic carbocycles. The smallest absolute Gasteiger partial charge is 0.469 e. The van der Waals surface area contributed by atoms with Crippen LogP contribution in [-0.4, -0.2) is 40.1 Å². The van der Waals surface area contributed by atoms with E-state index in [0.29, 0.717) is 25.7 Å². The Bertz CT molecular complexity index is 929. The van der Waals surface area contributed by atoms with Gasteiger partial charge in [-0.3, -0.25) is 9.59 Å². The number of carbonyl (C=O) groups excluding carboxylic acids is 2. The SMILES string of the molecule is COC(=O)C[C@@H]1CC[C@@H]2[C@H](CC[C@]3(C)C(OS(=O)(=O)C(F)(F)F)=CC[C@@H]23)[C@@]1(C)CC(=O)OC. The fraction of sp³-hybridized carbons (Fsp3) is 0.818. The number of hydrogen-bond donors (Lipinski definition) is 0. The van der Waals surface area contributed by atoms with Gasteiger partial charge in [0.1, 0.15) is 5.76 Å². The average molecular weight is 497 g/mol. The van der Waals surface area contributed by atoms with Crippen LogP contribution in [0.2, 0.25) is 0 Å². The largest absolute Gasteiger partial charge is 0.534 e. The van der Waals surface area contributed by atoms with Gasteiger partial charge in [-0.05, 0) is 67.3 Å². The molecule has 0 aromatic heterocycles. The van der Waals surface area contributed by atoms with Gasteiger partial charge in [0.05, 0.1) is 20.6 Å². The van der Waals surface area contributed by atoms with Gasteiger partial charge in [0.15, 0.2) is 0 Å². The highest BCUT2D eigenvalue weighted by molar-refractivity contribution is 7.87. The molecule has 6 atom stereocenters. The van der Waals surface area contributed by atoms with E-state index in [4.69, 9.17) is 9.47 Å². The standard InChI is InChI=1S/C22H31F3O7S/c1-20-10-9-16-14(15(20)7-8-17(20)32-33(28,29)22(23,24)25)6-5-13(11-18(26)30-3)21(16,2)12-19(27)31-4/h8,13-16H,5-7,9-12H2,1-4H3/t13-,14-,15-,16-,20-,21-/m0/s1. The molecule has 0 N–H and O–H groups in total. The van der Waals surface area contributed by atoms with E-state index < -0.39 is 26.5 Å². The lowest BCUT2D eigenvalue weighted by Crippen LogP contribution is -2.52. The normalized spacial score (nSPS) is 36.3. The second-order valence-corrected chi connectivity index (χ2v) is 11.5. The number of halogens is 3. The first-order chi connectivity index (χ1) is 15.2. The Hall–Kier alpha value is -1.78. The van der Waals surface area contributed by atoms with E-state index in [1.807, 2.05) is 6.92 Å². The Labute approximate surface area is 192 Å². The Morgan fingerprint density at radius 2 is 1.70 bits per heavy atom. The molecule has 2 saturated carbocycles. The number of methoxy groups -OCH3 is 2. The van der Waals surface area contributed by atoms with E-state index in [2.05, 4.69) is 4.18 Å². The highest BCUT2D eigenvalue weighted by atomic mass is 32.2. The van der Waals surface area contributed by atoms with Gasteiger partial charge in [-0.2, -0.15) is 21.6 Å². The first kappa shape index (κ1) is 25.8. The topological polar surface area (TPSA) is 96.0 Å². The minimum atomic E-state index is -5.75. The molecule has 0 aromatic rings. The van der Waals surface area contributed by atoms with E-state index in [-0.39, 0.29) is 54.2 Å². The van der Waals surface area contributed by atoms with Gasteiger partial charge in [0.2, 0.25) is 0 Å². The van der Waals surface area contributed by atoms with Gasteiger partial charge < -0.3 is 13.7 Å². The number of carbonyl (C=O) groups is 2. The fourth-order valence-electron chi connectivity index (χ4n) is 6.64. The molecule has 3 aliphatic carbocycles. The summed E-state index contributed by atoms with van der Waals surface area (Å²) in [7, 11) is -3.12. The molecule has 11 heteroatoms. The second kappa shape index (κ2) is 8.78. The minimum absolute atomic E-state index is 0.0186. The predicted molar refractivity (Wildman–Crippen MR) is 111 cm³/mol. The van der Waals surface area contributed by atoms with Gasteiger partial charge >= 0.3 is 27.6 Å². The van der Waals surface area contributed by atoms with Crippen LogP contribution in [-0.2, 0) is 33.4 Å². The third-order valence-corrected chi connectivity index (χ3v) is 9.42. The second-order valence-electron chi connectivity index (χ2n) is 9.93. The van der Waals surface area contributed by atoms with Crippen molar-refractivity contribution in [1.82, 2.24) is 0 Å². The number of esters is 2. The summed E-state index contributed by atoms with van der Waals surface area (Å²) in [5.41, 5.74) is -6.90. The molecule has 0 heterocycles. The van der Waals surface area contributed by atoms with Crippen molar-refractivity contribution in [2.45, 2.75) is 64.3 Å². The van der Waals surface area contributed by atoms with E-state index in [1.165, 1.54) is 20.3 Å². The lowest BCUT2D eigenvalue weighted by Gasteiger charge is -2.58. The summed E-state index contributed by atoms with van der Waals surface area (Å²) in [6.45, 7) is 3.74. The first-order valence-electron chi connectivity index (χ1n) is 11.0. The van der Waals surface area contributed by atoms with Crippen LogP contribution < -0.4 is 0 Å². The maximum absolute atomic E-state index is 12.9. The van der Waals surface area contributed by atoms with Crippen molar-refractivity contribution in [2.24, 2.45) is 34.5 Å². The van der Waals surface area contributed by atoms with Crippen LogP contribution >= 0.6 is 0 Å². The monoisotopic (exact) mass is 496 g/mol. The number of rotatable bonds is 6. The van der Waals surface area contributed by atoms with E-state index >= 15 is 0 Å². The third-order valence-electron chi connectivity index (χ3n) is 8.45. The van der Waals surface area contributed by atoms with Crippen molar-refractivity contribution in [1.29, 1.82) is 0 Å². The van der Waals surface area contributed by atoms with E-state index in [9.17, 15) is 31.2 Å². The van der Waals surface area contributed by atoms with Gasteiger partial charge in [-0.25, -0.2) is 0 Å². The molecule has 0 bridgehead atoms. The Morgan fingerprint density at radius 3 is 2.27 bits per heavy atom. The van der Waals surface area contributed by atoms with Crippen molar-refractivity contribution in [3.63, 3.8) is 0 Å². The number of alkyl halides is 3. The molecular weight excluding hydrogens is 465 g/mol. The predicted octanol–water partition coefficient (Wildman–Crippen LogP) is 4.33. The van der Waals surface area contributed by atoms with Crippen LogP contribution in [0.15, 0.2) is 11.8 Å². The summed E-state index contributed by atoms with van der Waals surface area (Å²) in [4.78, 5) is 24.4. The Kier molecular flexibility index (Phi) is 6.87. The zero-order valence-corrected chi connectivity index (χ0v) is 20.1. The molecule has 0 aliphatic heterocycles. The number of fused-ring (bicyclic) bond motifs is 3. The van der Waals surface area contributed by atoms with Gasteiger partial charge in [-0.1, -0.05) is 13.8 Å². The summed E-state index contributed by atoms with van der Waals surface area (Å²) in [6.07, 6.45) is 4.50. The van der Waals surface area contributed by atoms with Crippen molar-refractivity contribution in [3.05, 3.63) is 11.8 Å². The molecule has 0 amide bonds. The molecule has 0 spiro atoms. The molecular formula is C22H31F3O7S. The maximum Gasteiger partial charge on any atom is 0.534 e. The van der Waals surface area contributed by atoms with Gasteiger partial charge in [0, 0.05) is 11.8 Å². The maximum atomic E-state index is 12.9. The van der Waals surface area contributed by atoms with Crippen LogP contribution in [0.1, 0.15) is 58.8 Å². The van der Waals surface area contributed by atoms with Crippen molar-refractivity contribution < 1.29 is 44.8 Å². The third kappa shape index (κ3) is 4.49. The molecule has 0 saturated heterocycles. The van der Waals surface area contributed by atoms with Crippen LogP contribution in [0.25, 0.3) is 0 Å². The zero-order valence-electron chi connectivity index (χ0n) is 19.2. The van der Waals surface area contributed by atoms with E-state index in [0.717, 1.165) is 6.42 Å². The zero-order chi connectivity index (χ0) is 24.8. The Balaban J connectivity index is 1.88. The molecule has 188 valence electrons. The van der Waals surface area contributed by atoms with Crippen LogP contribution in [0.5, 0.6) is 0 Å². The van der Waals surface area contributed by atoms with Crippen LogP contribution in [0.3, 0.4) is 0 Å². The molecule has 3 rings (SSSR count). The highest BCUT2D eigenvalue weighted by Gasteiger charge is 2.60. The molecule has 33 heavy (non-hydrogen) atoms. The molecule has 3 aliphatic rings. The molecule has 0 radical (unpaired) electrons. The summed E-state index contributed by atoms with van der Waals surface area (Å²) in [5.74, 6) is -1.05.